The lowest BCUT2D eigenvalue weighted by Crippen LogP contribution is -2.36. The number of hydrogen-bond donors (Lipinski definition) is 0. The van der Waals surface area contributed by atoms with E-state index >= 15 is 0 Å². The highest BCUT2D eigenvalue weighted by atomic mass is 16.5. The molecule has 2 heteroatoms. The first kappa shape index (κ1) is 11.5. The fourth-order valence-corrected chi connectivity index (χ4v) is 2.08. The molecule has 0 radical (unpaired) electrons. The van der Waals surface area contributed by atoms with Crippen molar-refractivity contribution >= 4 is 5.69 Å². The third-order valence-electron chi connectivity index (χ3n) is 3.13. The second kappa shape index (κ2) is 5.90. The Labute approximate surface area is 98.2 Å². The molecule has 0 unspecified atom stereocenters. The van der Waals surface area contributed by atoms with Gasteiger partial charge in [-0.15, -0.1) is 0 Å². The summed E-state index contributed by atoms with van der Waals surface area (Å²) in [5.74, 6) is 0. The first-order valence-corrected chi connectivity index (χ1v) is 6.32. The number of unbranched alkanes of at least 4 members (excludes halogenated alkanes) is 1. The highest BCUT2D eigenvalue weighted by Crippen LogP contribution is 2.17. The van der Waals surface area contributed by atoms with E-state index in [4.69, 9.17) is 4.74 Å². The van der Waals surface area contributed by atoms with Gasteiger partial charge in [-0.05, 0) is 30.5 Å². The predicted octanol–water partition coefficient (Wildman–Crippen LogP) is 2.87. The van der Waals surface area contributed by atoms with Crippen LogP contribution >= 0.6 is 0 Å². The first-order valence-electron chi connectivity index (χ1n) is 6.32. The Morgan fingerprint density at radius 1 is 1.12 bits per heavy atom. The lowest BCUT2D eigenvalue weighted by molar-refractivity contribution is 0.122. The molecule has 1 heterocycles. The quantitative estimate of drug-likeness (QED) is 0.772. The zero-order valence-corrected chi connectivity index (χ0v) is 10.1. The molecule has 0 spiro atoms. The number of benzene rings is 1. The summed E-state index contributed by atoms with van der Waals surface area (Å²) in [6.07, 6.45) is 3.77. The van der Waals surface area contributed by atoms with Gasteiger partial charge in [-0.25, -0.2) is 0 Å². The summed E-state index contributed by atoms with van der Waals surface area (Å²) in [5.41, 5.74) is 2.79. The van der Waals surface area contributed by atoms with Gasteiger partial charge in [0.05, 0.1) is 13.2 Å². The molecule has 1 aliphatic heterocycles. The maximum Gasteiger partial charge on any atom is 0.0642 e. The molecular formula is C14H21NO. The van der Waals surface area contributed by atoms with Crippen LogP contribution in [0.3, 0.4) is 0 Å². The van der Waals surface area contributed by atoms with E-state index in [2.05, 4.69) is 36.1 Å². The largest absolute Gasteiger partial charge is 0.378 e. The summed E-state index contributed by atoms with van der Waals surface area (Å²) in [7, 11) is 0. The molecule has 1 aromatic carbocycles. The number of aryl methyl sites for hydroxylation is 1. The van der Waals surface area contributed by atoms with Crippen molar-refractivity contribution in [2.24, 2.45) is 0 Å². The lowest BCUT2D eigenvalue weighted by Gasteiger charge is -2.28. The zero-order chi connectivity index (χ0) is 11.2. The van der Waals surface area contributed by atoms with Crippen molar-refractivity contribution in [3.63, 3.8) is 0 Å². The average molecular weight is 219 g/mol. The molecule has 0 bridgehead atoms. The Balaban J connectivity index is 1.95. The van der Waals surface area contributed by atoms with Crippen LogP contribution in [0.5, 0.6) is 0 Å². The van der Waals surface area contributed by atoms with Crippen LogP contribution in [0.2, 0.25) is 0 Å². The third kappa shape index (κ3) is 2.99. The summed E-state index contributed by atoms with van der Waals surface area (Å²) in [6, 6.07) is 9.02. The van der Waals surface area contributed by atoms with Crippen LogP contribution in [-0.2, 0) is 11.2 Å². The van der Waals surface area contributed by atoms with E-state index in [1.54, 1.807) is 0 Å². The van der Waals surface area contributed by atoms with Crippen LogP contribution in [0.1, 0.15) is 25.3 Å². The number of nitrogens with zero attached hydrogens (tertiary/aromatic N) is 1. The van der Waals surface area contributed by atoms with E-state index in [1.165, 1.54) is 30.5 Å². The molecule has 88 valence electrons. The van der Waals surface area contributed by atoms with E-state index in [0.717, 1.165) is 26.3 Å². The normalized spacial score (nSPS) is 16.4. The number of hydrogen-bond acceptors (Lipinski definition) is 2. The molecule has 0 amide bonds. The van der Waals surface area contributed by atoms with Gasteiger partial charge in [0.15, 0.2) is 0 Å². The molecule has 16 heavy (non-hydrogen) atoms. The van der Waals surface area contributed by atoms with Crippen LogP contribution in [0.25, 0.3) is 0 Å². The topological polar surface area (TPSA) is 12.5 Å². The minimum atomic E-state index is 0.859. The fraction of sp³-hybridized carbons (Fsp3) is 0.571. The van der Waals surface area contributed by atoms with Gasteiger partial charge < -0.3 is 9.64 Å². The van der Waals surface area contributed by atoms with Gasteiger partial charge >= 0.3 is 0 Å². The second-order valence-electron chi connectivity index (χ2n) is 4.37. The smallest absolute Gasteiger partial charge is 0.0642 e. The Morgan fingerprint density at radius 2 is 1.81 bits per heavy atom. The summed E-state index contributed by atoms with van der Waals surface area (Å²) >= 11 is 0. The van der Waals surface area contributed by atoms with Crippen molar-refractivity contribution in [1.29, 1.82) is 0 Å². The molecule has 2 rings (SSSR count). The molecule has 1 aliphatic rings. The van der Waals surface area contributed by atoms with Gasteiger partial charge in [0.1, 0.15) is 0 Å². The molecule has 0 N–H and O–H groups in total. The zero-order valence-electron chi connectivity index (χ0n) is 10.1. The van der Waals surface area contributed by atoms with Crippen molar-refractivity contribution in [2.45, 2.75) is 26.2 Å². The molecule has 0 saturated carbocycles. The molecule has 2 nitrogen and oxygen atoms in total. The Morgan fingerprint density at radius 3 is 2.44 bits per heavy atom. The number of ether oxygens (including phenoxy) is 1. The van der Waals surface area contributed by atoms with Crippen molar-refractivity contribution in [3.05, 3.63) is 29.8 Å². The van der Waals surface area contributed by atoms with Crippen molar-refractivity contribution in [2.75, 3.05) is 31.2 Å². The van der Waals surface area contributed by atoms with Gasteiger partial charge in [-0.2, -0.15) is 0 Å². The summed E-state index contributed by atoms with van der Waals surface area (Å²) in [4.78, 5) is 2.40. The van der Waals surface area contributed by atoms with Gasteiger partial charge in [0, 0.05) is 18.8 Å². The average Bonchev–Trinajstić information content (AvgIpc) is 2.38. The summed E-state index contributed by atoms with van der Waals surface area (Å²) in [5, 5.41) is 0. The minimum absolute atomic E-state index is 0.859. The van der Waals surface area contributed by atoms with Crippen molar-refractivity contribution in [1.82, 2.24) is 0 Å². The molecule has 0 aromatic heterocycles. The number of anilines is 1. The molecule has 0 atom stereocenters. The van der Waals surface area contributed by atoms with Gasteiger partial charge in [0.2, 0.25) is 0 Å². The van der Waals surface area contributed by atoms with E-state index < -0.39 is 0 Å². The number of morpholine rings is 1. The minimum Gasteiger partial charge on any atom is -0.378 e. The summed E-state index contributed by atoms with van der Waals surface area (Å²) in [6.45, 7) is 6.00. The maximum absolute atomic E-state index is 5.36. The highest BCUT2D eigenvalue weighted by molar-refractivity contribution is 5.47. The van der Waals surface area contributed by atoms with Crippen molar-refractivity contribution in [3.8, 4) is 0 Å². The Bertz CT molecular complexity index is 301. The van der Waals surface area contributed by atoms with Crippen LogP contribution in [0, 0.1) is 0 Å². The van der Waals surface area contributed by atoms with Crippen LogP contribution in [0.15, 0.2) is 24.3 Å². The Kier molecular flexibility index (Phi) is 4.23. The summed E-state index contributed by atoms with van der Waals surface area (Å²) < 4.78 is 5.36. The van der Waals surface area contributed by atoms with Gasteiger partial charge in [-0.3, -0.25) is 0 Å². The SMILES string of the molecule is CCCCc1ccc(N2CCOCC2)cc1. The van der Waals surface area contributed by atoms with E-state index in [-0.39, 0.29) is 0 Å². The highest BCUT2D eigenvalue weighted by Gasteiger charge is 2.10. The first-order chi connectivity index (χ1) is 7.90. The molecule has 0 aliphatic carbocycles. The second-order valence-corrected chi connectivity index (χ2v) is 4.37. The lowest BCUT2D eigenvalue weighted by atomic mass is 10.1. The van der Waals surface area contributed by atoms with Gasteiger partial charge in [0.25, 0.3) is 0 Å². The van der Waals surface area contributed by atoms with E-state index in [0.29, 0.717) is 0 Å². The monoisotopic (exact) mass is 219 g/mol. The van der Waals surface area contributed by atoms with Crippen molar-refractivity contribution < 1.29 is 4.74 Å². The molecule has 1 aromatic rings. The Hall–Kier alpha value is -1.02. The maximum atomic E-state index is 5.36. The van der Waals surface area contributed by atoms with Crippen LogP contribution in [0.4, 0.5) is 5.69 Å². The fourth-order valence-electron chi connectivity index (χ4n) is 2.08. The van der Waals surface area contributed by atoms with Gasteiger partial charge in [-0.1, -0.05) is 25.5 Å². The molecular weight excluding hydrogens is 198 g/mol. The number of rotatable bonds is 4. The van der Waals surface area contributed by atoms with E-state index in [9.17, 15) is 0 Å². The van der Waals surface area contributed by atoms with Crippen LogP contribution < -0.4 is 4.90 Å². The predicted molar refractivity (Wildman–Crippen MR) is 68.1 cm³/mol. The molecule has 1 saturated heterocycles. The molecule has 1 fully saturated rings. The van der Waals surface area contributed by atoms with E-state index in [1.807, 2.05) is 0 Å². The van der Waals surface area contributed by atoms with Crippen LogP contribution in [-0.4, -0.2) is 26.3 Å². The third-order valence-corrected chi connectivity index (χ3v) is 3.13. The standard InChI is InChI=1S/C14H21NO/c1-2-3-4-13-5-7-14(8-6-13)15-9-11-16-12-10-15/h5-8H,2-4,9-12H2,1H3.